The number of ether oxygens (including phenoxy) is 1. The number of rotatable bonds is 8. The molecule has 1 aliphatic heterocycles. The van der Waals surface area contributed by atoms with Crippen molar-refractivity contribution in [2.45, 2.75) is 42.5 Å². The first-order valence-electron chi connectivity index (χ1n) is 11.3. The topological polar surface area (TPSA) is 63.7 Å². The molecule has 37 heavy (non-hydrogen) atoms. The second-order valence-electron chi connectivity index (χ2n) is 8.62. The van der Waals surface area contributed by atoms with Crippen LogP contribution in [0.25, 0.3) is 0 Å². The Hall–Kier alpha value is -3.31. The van der Waals surface area contributed by atoms with Crippen LogP contribution in [0.4, 0.5) is 22.0 Å². The lowest BCUT2D eigenvalue weighted by molar-refractivity contribution is -0.137. The molecule has 0 N–H and O–H groups in total. The minimum absolute atomic E-state index is 0.0729. The minimum Gasteiger partial charge on any atom is -0.457 e. The first-order chi connectivity index (χ1) is 17.4. The summed E-state index contributed by atoms with van der Waals surface area (Å²) in [7, 11) is -4.20. The van der Waals surface area contributed by atoms with E-state index >= 15 is 0 Å². The smallest absolute Gasteiger partial charge is 0.416 e. The highest BCUT2D eigenvalue weighted by Gasteiger charge is 2.43. The van der Waals surface area contributed by atoms with E-state index < -0.39 is 52.1 Å². The van der Waals surface area contributed by atoms with Crippen molar-refractivity contribution in [2.75, 3.05) is 6.54 Å². The van der Waals surface area contributed by atoms with Crippen LogP contribution >= 0.6 is 0 Å². The second kappa shape index (κ2) is 10.6. The van der Waals surface area contributed by atoms with Crippen LogP contribution in [-0.4, -0.2) is 37.3 Å². The van der Waals surface area contributed by atoms with Gasteiger partial charge in [-0.1, -0.05) is 12.1 Å². The van der Waals surface area contributed by atoms with Crippen LogP contribution in [0.15, 0.2) is 77.7 Å². The monoisotopic (exact) mass is 539 g/mol. The molecule has 1 heterocycles. The molecule has 0 radical (unpaired) electrons. The second-order valence-corrected chi connectivity index (χ2v) is 10.5. The Morgan fingerprint density at radius 3 is 2.30 bits per heavy atom. The van der Waals surface area contributed by atoms with Gasteiger partial charge in [0.15, 0.2) is 5.78 Å². The average molecular weight is 540 g/mol. The van der Waals surface area contributed by atoms with Gasteiger partial charge in [-0.2, -0.15) is 17.5 Å². The summed E-state index contributed by atoms with van der Waals surface area (Å²) in [5.41, 5.74) is -0.134. The zero-order valence-electron chi connectivity index (χ0n) is 19.3. The maximum absolute atomic E-state index is 14.2. The maximum Gasteiger partial charge on any atom is 0.416 e. The van der Waals surface area contributed by atoms with Gasteiger partial charge in [0, 0.05) is 19.4 Å². The van der Waals surface area contributed by atoms with E-state index in [1.165, 1.54) is 12.1 Å². The van der Waals surface area contributed by atoms with Crippen molar-refractivity contribution in [1.82, 2.24) is 4.31 Å². The quantitative estimate of drug-likeness (QED) is 0.333. The molecule has 1 fully saturated rings. The molecule has 3 aromatic rings. The third-order valence-electron chi connectivity index (χ3n) is 5.97. The zero-order chi connectivity index (χ0) is 26.8. The maximum atomic E-state index is 14.2. The van der Waals surface area contributed by atoms with E-state index in [9.17, 15) is 35.2 Å². The van der Waals surface area contributed by atoms with Gasteiger partial charge >= 0.3 is 6.18 Å². The fraction of sp³-hybridized carbons (Fsp3) is 0.269. The number of aryl methyl sites for hydroxylation is 1. The number of alkyl halides is 4. The third kappa shape index (κ3) is 6.34. The number of hydrogen-bond donors (Lipinski definition) is 0. The molecule has 0 saturated carbocycles. The van der Waals surface area contributed by atoms with Gasteiger partial charge < -0.3 is 4.74 Å². The van der Waals surface area contributed by atoms with Gasteiger partial charge in [-0.15, -0.1) is 0 Å². The Morgan fingerprint density at radius 2 is 1.65 bits per heavy atom. The summed E-state index contributed by atoms with van der Waals surface area (Å²) in [6.07, 6.45) is -6.10. The van der Waals surface area contributed by atoms with Crippen molar-refractivity contribution >= 4 is 15.8 Å². The normalized spacial score (nSPS) is 18.6. The molecule has 1 aliphatic rings. The van der Waals surface area contributed by atoms with Crippen LogP contribution in [0.5, 0.6) is 11.5 Å². The van der Waals surface area contributed by atoms with E-state index in [2.05, 4.69) is 0 Å². The van der Waals surface area contributed by atoms with E-state index in [-0.39, 0.29) is 29.9 Å². The molecule has 5 nitrogen and oxygen atoms in total. The van der Waals surface area contributed by atoms with Gasteiger partial charge in [0.2, 0.25) is 10.0 Å². The summed E-state index contributed by atoms with van der Waals surface area (Å²) in [6, 6.07) is 13.7. The lowest BCUT2D eigenvalue weighted by Gasteiger charge is -2.22. The van der Waals surface area contributed by atoms with Gasteiger partial charge in [0.05, 0.1) is 16.5 Å². The van der Waals surface area contributed by atoms with E-state index in [1.54, 1.807) is 24.3 Å². The number of sulfonamides is 1. The van der Waals surface area contributed by atoms with Crippen LogP contribution in [0, 0.1) is 5.82 Å². The van der Waals surface area contributed by atoms with Crippen LogP contribution in [0.1, 0.15) is 24.0 Å². The molecular weight excluding hydrogens is 517 g/mol. The number of benzene rings is 3. The molecule has 4 rings (SSSR count). The van der Waals surface area contributed by atoms with Crippen molar-refractivity contribution in [1.29, 1.82) is 0 Å². The number of carbonyl (C=O) groups excluding carboxylic acids is 1. The summed E-state index contributed by atoms with van der Waals surface area (Å²) < 4.78 is 98.0. The standard InChI is InChI=1S/C26H22F5NO4S/c27-19-7-11-23(12-8-19)37(34,35)32-16-20(28)15-24(32)25(33)13-4-17-2-1-3-22(14-17)36-21-9-5-18(6-10-21)26(29,30)31/h1-3,5-12,14,20,24H,4,13,15-16H2/t20-,24-/m0/s1. The number of halogens is 5. The van der Waals surface area contributed by atoms with Gasteiger partial charge in [-0.3, -0.25) is 4.79 Å². The van der Waals surface area contributed by atoms with Gasteiger partial charge in [-0.05, 0) is 72.6 Å². The molecule has 3 aromatic carbocycles. The van der Waals surface area contributed by atoms with Crippen LogP contribution in [0.3, 0.4) is 0 Å². The van der Waals surface area contributed by atoms with E-state index in [0.717, 1.165) is 40.7 Å². The van der Waals surface area contributed by atoms with Crippen molar-refractivity contribution in [2.24, 2.45) is 0 Å². The Labute approximate surface area is 210 Å². The van der Waals surface area contributed by atoms with Crippen LogP contribution < -0.4 is 4.74 Å². The Morgan fingerprint density at radius 1 is 0.973 bits per heavy atom. The van der Waals surface area contributed by atoms with E-state index in [0.29, 0.717) is 11.3 Å². The Kier molecular flexibility index (Phi) is 7.65. The molecule has 11 heteroatoms. The van der Waals surface area contributed by atoms with Crippen molar-refractivity contribution in [3.8, 4) is 11.5 Å². The van der Waals surface area contributed by atoms with Crippen molar-refractivity contribution < 1.29 is 39.9 Å². The van der Waals surface area contributed by atoms with Gasteiger partial charge in [0.1, 0.15) is 23.5 Å². The first kappa shape index (κ1) is 26.7. The molecule has 0 bridgehead atoms. The van der Waals surface area contributed by atoms with Crippen molar-refractivity contribution in [3.63, 3.8) is 0 Å². The Balaban J connectivity index is 1.42. The fourth-order valence-corrected chi connectivity index (χ4v) is 5.75. The van der Waals surface area contributed by atoms with Crippen LogP contribution in [-0.2, 0) is 27.4 Å². The van der Waals surface area contributed by atoms with Gasteiger partial charge in [0.25, 0.3) is 0 Å². The molecule has 1 saturated heterocycles. The highest BCUT2D eigenvalue weighted by Crippen LogP contribution is 2.32. The molecule has 0 aliphatic carbocycles. The first-order valence-corrected chi connectivity index (χ1v) is 12.8. The zero-order valence-corrected chi connectivity index (χ0v) is 20.1. The highest BCUT2D eigenvalue weighted by molar-refractivity contribution is 7.89. The molecule has 0 spiro atoms. The molecule has 0 amide bonds. The lowest BCUT2D eigenvalue weighted by atomic mass is 10.0. The summed E-state index contributed by atoms with van der Waals surface area (Å²) in [4.78, 5) is 12.7. The van der Waals surface area contributed by atoms with Crippen LogP contribution in [0.2, 0.25) is 0 Å². The molecule has 196 valence electrons. The largest absolute Gasteiger partial charge is 0.457 e. The highest BCUT2D eigenvalue weighted by atomic mass is 32.2. The Bertz CT molecular complexity index is 1360. The van der Waals surface area contributed by atoms with E-state index in [4.69, 9.17) is 4.74 Å². The predicted octanol–water partition coefficient (Wildman–Crippen LogP) is 5.94. The number of carbonyl (C=O) groups is 1. The third-order valence-corrected chi connectivity index (χ3v) is 7.86. The summed E-state index contributed by atoms with van der Waals surface area (Å²) in [6.45, 7) is -0.466. The summed E-state index contributed by atoms with van der Waals surface area (Å²) >= 11 is 0. The predicted molar refractivity (Wildman–Crippen MR) is 125 cm³/mol. The number of nitrogens with zero attached hydrogens (tertiary/aromatic N) is 1. The molecule has 0 unspecified atom stereocenters. The molecule has 2 atom stereocenters. The lowest BCUT2D eigenvalue weighted by Crippen LogP contribution is -2.40. The van der Waals surface area contributed by atoms with Crippen molar-refractivity contribution in [3.05, 3.63) is 89.7 Å². The SMILES string of the molecule is O=C(CCc1cccc(Oc2ccc(C(F)(F)F)cc2)c1)[C@@H]1C[C@H](F)CN1S(=O)(=O)c1ccc(F)cc1. The molecular formula is C26H22F5NO4S. The fourth-order valence-electron chi connectivity index (χ4n) is 4.10. The summed E-state index contributed by atoms with van der Waals surface area (Å²) in [5, 5.41) is 0. The molecule has 0 aromatic heterocycles. The minimum atomic E-state index is -4.46. The average Bonchev–Trinajstić information content (AvgIpc) is 3.25. The summed E-state index contributed by atoms with van der Waals surface area (Å²) in [5.74, 6) is -0.543. The number of hydrogen-bond acceptors (Lipinski definition) is 4. The number of Topliss-reactive ketones (excluding diaryl/α,β-unsaturated/α-hetero) is 1. The van der Waals surface area contributed by atoms with Gasteiger partial charge in [-0.25, -0.2) is 17.2 Å². The van der Waals surface area contributed by atoms with E-state index in [1.807, 2.05) is 0 Å². The number of ketones is 1.